The lowest BCUT2D eigenvalue weighted by atomic mass is 10.3. The van der Waals surface area contributed by atoms with Crippen molar-refractivity contribution in [2.75, 3.05) is 19.0 Å². The Bertz CT molecular complexity index is 250. The van der Waals surface area contributed by atoms with Crippen LogP contribution in [-0.4, -0.2) is 19.0 Å². The summed E-state index contributed by atoms with van der Waals surface area (Å²) in [6.07, 6.45) is 0.998. The molecule has 0 atom stereocenters. The van der Waals surface area contributed by atoms with Crippen molar-refractivity contribution in [3.8, 4) is 11.5 Å². The molecule has 0 saturated carbocycles. The summed E-state index contributed by atoms with van der Waals surface area (Å²) in [6, 6.07) is 7.67. The molecule has 0 aliphatic carbocycles. The molecule has 0 aliphatic rings. The average Bonchev–Trinajstić information content (AvgIpc) is 2.19. The van der Waals surface area contributed by atoms with Crippen molar-refractivity contribution in [1.82, 2.24) is 0 Å². The molecule has 0 bridgehead atoms. The monoisotopic (exact) mass is 244 g/mol. The van der Waals surface area contributed by atoms with E-state index in [4.69, 9.17) is 9.47 Å². The average molecular weight is 245 g/mol. The predicted molar refractivity (Wildman–Crippen MR) is 56.9 cm³/mol. The number of hydrogen-bond donors (Lipinski definition) is 0. The first-order valence-corrected chi connectivity index (χ1v) is 5.32. The second kappa shape index (κ2) is 5.86. The van der Waals surface area contributed by atoms with Crippen molar-refractivity contribution in [3.05, 3.63) is 24.3 Å². The maximum atomic E-state index is 5.51. The van der Waals surface area contributed by atoms with Crippen molar-refractivity contribution in [3.63, 3.8) is 0 Å². The lowest BCUT2D eigenvalue weighted by Crippen LogP contribution is -1.99. The molecule has 1 aromatic carbocycles. The van der Waals surface area contributed by atoms with Crippen LogP contribution < -0.4 is 9.47 Å². The summed E-state index contributed by atoms with van der Waals surface area (Å²) in [4.78, 5) is 0. The van der Waals surface area contributed by atoms with Crippen molar-refractivity contribution in [2.24, 2.45) is 0 Å². The first-order chi connectivity index (χ1) is 6.38. The van der Waals surface area contributed by atoms with Gasteiger partial charge in [0.15, 0.2) is 11.5 Å². The Hall–Kier alpha value is -0.700. The van der Waals surface area contributed by atoms with Crippen molar-refractivity contribution in [2.45, 2.75) is 6.42 Å². The van der Waals surface area contributed by atoms with Crippen LogP contribution in [0.2, 0.25) is 0 Å². The Kier molecular flexibility index (Phi) is 4.68. The molecule has 13 heavy (non-hydrogen) atoms. The number of para-hydroxylation sites is 2. The van der Waals surface area contributed by atoms with Gasteiger partial charge in [0.2, 0.25) is 0 Å². The van der Waals surface area contributed by atoms with Gasteiger partial charge in [0.25, 0.3) is 0 Å². The molecule has 1 aromatic rings. The minimum atomic E-state index is 0.714. The number of methoxy groups -OCH3 is 1. The van der Waals surface area contributed by atoms with Gasteiger partial charge in [0, 0.05) is 5.33 Å². The molecule has 0 aromatic heterocycles. The third-order valence-corrected chi connectivity index (χ3v) is 2.17. The molecule has 0 spiro atoms. The van der Waals surface area contributed by atoms with E-state index in [0.717, 1.165) is 23.2 Å². The molecule has 0 amide bonds. The fourth-order valence-corrected chi connectivity index (χ4v) is 1.20. The van der Waals surface area contributed by atoms with Crippen LogP contribution in [-0.2, 0) is 0 Å². The number of benzene rings is 1. The Morgan fingerprint density at radius 1 is 1.23 bits per heavy atom. The molecule has 0 unspecified atom stereocenters. The summed E-state index contributed by atoms with van der Waals surface area (Å²) in [7, 11) is 1.65. The molecular weight excluding hydrogens is 232 g/mol. The largest absolute Gasteiger partial charge is 0.493 e. The SMILES string of the molecule is COc1ccccc1OCCCBr. The highest BCUT2D eigenvalue weighted by Crippen LogP contribution is 2.25. The molecular formula is C10H13BrO2. The van der Waals surface area contributed by atoms with Crippen LogP contribution in [0.1, 0.15) is 6.42 Å². The number of rotatable bonds is 5. The topological polar surface area (TPSA) is 18.5 Å². The zero-order valence-electron chi connectivity index (χ0n) is 7.63. The van der Waals surface area contributed by atoms with Gasteiger partial charge in [-0.1, -0.05) is 28.1 Å². The lowest BCUT2D eigenvalue weighted by Gasteiger charge is -2.08. The maximum absolute atomic E-state index is 5.51. The first-order valence-electron chi connectivity index (χ1n) is 4.20. The molecule has 0 radical (unpaired) electrons. The van der Waals surface area contributed by atoms with E-state index in [-0.39, 0.29) is 0 Å². The molecule has 0 N–H and O–H groups in total. The van der Waals surface area contributed by atoms with Gasteiger partial charge in [-0.3, -0.25) is 0 Å². The van der Waals surface area contributed by atoms with E-state index >= 15 is 0 Å². The standard InChI is InChI=1S/C10H13BrO2/c1-12-9-5-2-3-6-10(9)13-8-4-7-11/h2-3,5-6H,4,7-8H2,1H3. The van der Waals surface area contributed by atoms with E-state index in [1.807, 2.05) is 24.3 Å². The van der Waals surface area contributed by atoms with Gasteiger partial charge in [0.1, 0.15) is 0 Å². The van der Waals surface area contributed by atoms with E-state index in [2.05, 4.69) is 15.9 Å². The molecule has 3 heteroatoms. The Morgan fingerprint density at radius 2 is 1.92 bits per heavy atom. The lowest BCUT2D eigenvalue weighted by molar-refractivity contribution is 0.295. The summed E-state index contributed by atoms with van der Waals surface area (Å²) in [6.45, 7) is 0.714. The van der Waals surface area contributed by atoms with Gasteiger partial charge in [0.05, 0.1) is 13.7 Å². The summed E-state index contributed by atoms with van der Waals surface area (Å²) < 4.78 is 10.7. The van der Waals surface area contributed by atoms with Crippen LogP contribution in [0.15, 0.2) is 24.3 Å². The summed E-state index contributed by atoms with van der Waals surface area (Å²) in [5, 5.41) is 0.960. The molecule has 72 valence electrons. The van der Waals surface area contributed by atoms with Crippen LogP contribution in [0.5, 0.6) is 11.5 Å². The van der Waals surface area contributed by atoms with Crippen molar-refractivity contribution in [1.29, 1.82) is 0 Å². The van der Waals surface area contributed by atoms with E-state index in [9.17, 15) is 0 Å². The maximum Gasteiger partial charge on any atom is 0.161 e. The van der Waals surface area contributed by atoms with Gasteiger partial charge in [-0.2, -0.15) is 0 Å². The van der Waals surface area contributed by atoms with Crippen molar-refractivity contribution >= 4 is 15.9 Å². The number of ether oxygens (including phenoxy) is 2. The fraction of sp³-hybridized carbons (Fsp3) is 0.400. The predicted octanol–water partition coefficient (Wildman–Crippen LogP) is 2.86. The van der Waals surface area contributed by atoms with Gasteiger partial charge in [-0.25, -0.2) is 0 Å². The summed E-state index contributed by atoms with van der Waals surface area (Å²) in [5.41, 5.74) is 0. The van der Waals surface area contributed by atoms with Gasteiger partial charge >= 0.3 is 0 Å². The van der Waals surface area contributed by atoms with Gasteiger partial charge < -0.3 is 9.47 Å². The Balaban J connectivity index is 2.54. The molecule has 0 saturated heterocycles. The summed E-state index contributed by atoms with van der Waals surface area (Å²) in [5.74, 6) is 1.60. The molecule has 2 nitrogen and oxygen atoms in total. The van der Waals surface area contributed by atoms with Crippen LogP contribution in [0.3, 0.4) is 0 Å². The van der Waals surface area contributed by atoms with Crippen LogP contribution in [0.4, 0.5) is 0 Å². The van der Waals surface area contributed by atoms with E-state index < -0.39 is 0 Å². The van der Waals surface area contributed by atoms with E-state index in [1.54, 1.807) is 7.11 Å². The third kappa shape index (κ3) is 3.27. The van der Waals surface area contributed by atoms with Gasteiger partial charge in [-0.05, 0) is 18.6 Å². The fourth-order valence-electron chi connectivity index (χ4n) is 0.975. The highest BCUT2D eigenvalue weighted by Gasteiger charge is 2.00. The zero-order chi connectivity index (χ0) is 9.52. The second-order valence-corrected chi connectivity index (χ2v) is 3.33. The molecule has 0 heterocycles. The highest BCUT2D eigenvalue weighted by atomic mass is 79.9. The normalized spacial score (nSPS) is 9.69. The quantitative estimate of drug-likeness (QED) is 0.586. The minimum absolute atomic E-state index is 0.714. The van der Waals surface area contributed by atoms with E-state index in [0.29, 0.717) is 6.61 Å². The smallest absolute Gasteiger partial charge is 0.161 e. The van der Waals surface area contributed by atoms with Crippen LogP contribution in [0.25, 0.3) is 0 Å². The third-order valence-electron chi connectivity index (χ3n) is 1.60. The Labute approximate surface area is 87.0 Å². The highest BCUT2D eigenvalue weighted by molar-refractivity contribution is 9.09. The van der Waals surface area contributed by atoms with Crippen LogP contribution >= 0.6 is 15.9 Å². The Morgan fingerprint density at radius 3 is 2.54 bits per heavy atom. The second-order valence-electron chi connectivity index (χ2n) is 2.54. The minimum Gasteiger partial charge on any atom is -0.493 e. The zero-order valence-corrected chi connectivity index (χ0v) is 9.21. The molecule has 0 fully saturated rings. The number of hydrogen-bond acceptors (Lipinski definition) is 2. The van der Waals surface area contributed by atoms with E-state index in [1.165, 1.54) is 0 Å². The molecule has 0 aliphatic heterocycles. The summed E-state index contributed by atoms with van der Waals surface area (Å²) >= 11 is 3.35. The number of alkyl halides is 1. The van der Waals surface area contributed by atoms with Crippen LogP contribution in [0, 0.1) is 0 Å². The van der Waals surface area contributed by atoms with Crippen molar-refractivity contribution < 1.29 is 9.47 Å². The molecule has 1 rings (SSSR count). The number of halogens is 1. The van der Waals surface area contributed by atoms with Gasteiger partial charge in [-0.15, -0.1) is 0 Å². The first kappa shape index (κ1) is 10.4.